The van der Waals surface area contributed by atoms with Crippen LogP contribution < -0.4 is 4.74 Å². The Morgan fingerprint density at radius 3 is 2.27 bits per heavy atom. The van der Waals surface area contributed by atoms with Gasteiger partial charge in [0.2, 0.25) is 0 Å². The van der Waals surface area contributed by atoms with E-state index in [1.165, 1.54) is 0 Å². The first kappa shape index (κ1) is 12.0. The molecule has 0 aliphatic rings. The van der Waals surface area contributed by atoms with Gasteiger partial charge in [0.25, 0.3) is 0 Å². The number of aliphatic hydroxyl groups excluding tert-OH is 1. The Bertz CT molecular complexity index is 303. The smallest absolute Gasteiger partial charge is 0.118 e. The van der Waals surface area contributed by atoms with Gasteiger partial charge in [-0.15, -0.1) is 0 Å². The zero-order valence-electron chi connectivity index (χ0n) is 9.40. The van der Waals surface area contributed by atoms with Crippen LogP contribution in [0.15, 0.2) is 24.3 Å². The lowest BCUT2D eigenvalue weighted by Gasteiger charge is -2.28. The molecular weight excluding hydrogens is 192 g/mol. The minimum Gasteiger partial charge on any atom is -0.497 e. The highest BCUT2D eigenvalue weighted by molar-refractivity contribution is 5.29. The molecular formula is C12H18O3. The molecule has 15 heavy (non-hydrogen) atoms. The quantitative estimate of drug-likeness (QED) is 0.797. The molecule has 0 spiro atoms. The maximum absolute atomic E-state index is 9.92. The average Bonchev–Trinajstić information content (AvgIpc) is 2.28. The molecule has 2 unspecified atom stereocenters. The highest BCUT2D eigenvalue weighted by atomic mass is 16.5. The summed E-state index contributed by atoms with van der Waals surface area (Å²) in [6, 6.07) is 7.05. The van der Waals surface area contributed by atoms with E-state index in [4.69, 9.17) is 4.74 Å². The molecule has 84 valence electrons. The van der Waals surface area contributed by atoms with Crippen LogP contribution in [-0.2, 0) is 0 Å². The van der Waals surface area contributed by atoms with Crippen molar-refractivity contribution in [3.8, 4) is 5.75 Å². The molecule has 0 aromatic heterocycles. The van der Waals surface area contributed by atoms with E-state index in [2.05, 4.69) is 0 Å². The molecule has 0 saturated heterocycles. The van der Waals surface area contributed by atoms with E-state index in [-0.39, 0.29) is 0 Å². The maximum atomic E-state index is 9.92. The average molecular weight is 210 g/mol. The third-order valence-corrected chi connectivity index (χ3v) is 2.74. The number of aliphatic hydroxyl groups is 2. The Morgan fingerprint density at radius 2 is 1.87 bits per heavy atom. The lowest BCUT2D eigenvalue weighted by molar-refractivity contribution is -0.0658. The van der Waals surface area contributed by atoms with Gasteiger partial charge in [-0.25, -0.2) is 0 Å². The molecule has 3 heteroatoms. The van der Waals surface area contributed by atoms with Crippen molar-refractivity contribution in [1.82, 2.24) is 0 Å². The van der Waals surface area contributed by atoms with Crippen molar-refractivity contribution >= 4 is 0 Å². The molecule has 0 amide bonds. The Kier molecular flexibility index (Phi) is 3.72. The summed E-state index contributed by atoms with van der Waals surface area (Å²) in [5.41, 5.74) is -0.392. The first-order chi connectivity index (χ1) is 7.01. The summed E-state index contributed by atoms with van der Waals surface area (Å²) < 4.78 is 5.02. The summed E-state index contributed by atoms with van der Waals surface area (Å²) in [4.78, 5) is 0. The predicted molar refractivity (Wildman–Crippen MR) is 58.9 cm³/mol. The Hall–Kier alpha value is -1.06. The SMILES string of the molecule is CCC(C)(O)C(O)c1ccc(OC)cc1. The first-order valence-corrected chi connectivity index (χ1v) is 5.05. The van der Waals surface area contributed by atoms with Crippen LogP contribution in [0.25, 0.3) is 0 Å². The highest BCUT2D eigenvalue weighted by Gasteiger charge is 2.29. The number of benzene rings is 1. The van der Waals surface area contributed by atoms with Gasteiger partial charge >= 0.3 is 0 Å². The summed E-state index contributed by atoms with van der Waals surface area (Å²) in [5.74, 6) is 0.738. The largest absolute Gasteiger partial charge is 0.497 e. The van der Waals surface area contributed by atoms with E-state index < -0.39 is 11.7 Å². The minimum absolute atomic E-state index is 0.500. The normalized spacial score (nSPS) is 16.9. The van der Waals surface area contributed by atoms with Gasteiger partial charge < -0.3 is 14.9 Å². The fourth-order valence-electron chi connectivity index (χ4n) is 1.34. The highest BCUT2D eigenvalue weighted by Crippen LogP contribution is 2.29. The topological polar surface area (TPSA) is 49.7 Å². The van der Waals surface area contributed by atoms with Crippen LogP contribution in [0, 0.1) is 0 Å². The lowest BCUT2D eigenvalue weighted by atomic mass is 9.91. The molecule has 3 nitrogen and oxygen atoms in total. The monoisotopic (exact) mass is 210 g/mol. The Morgan fingerprint density at radius 1 is 1.33 bits per heavy atom. The molecule has 0 heterocycles. The molecule has 0 bridgehead atoms. The maximum Gasteiger partial charge on any atom is 0.118 e. The van der Waals surface area contributed by atoms with E-state index in [0.29, 0.717) is 12.0 Å². The van der Waals surface area contributed by atoms with Gasteiger partial charge in [-0.3, -0.25) is 0 Å². The summed E-state index contributed by atoms with van der Waals surface area (Å²) in [6.45, 7) is 3.47. The first-order valence-electron chi connectivity index (χ1n) is 5.05. The fraction of sp³-hybridized carbons (Fsp3) is 0.500. The predicted octanol–water partition coefficient (Wildman–Crippen LogP) is 1.89. The number of methoxy groups -OCH3 is 1. The molecule has 2 N–H and O–H groups in total. The molecule has 2 atom stereocenters. The third kappa shape index (κ3) is 2.70. The van der Waals surface area contributed by atoms with Crippen molar-refractivity contribution in [3.05, 3.63) is 29.8 Å². The number of hydrogen-bond donors (Lipinski definition) is 2. The van der Waals surface area contributed by atoms with Gasteiger partial charge in [0.1, 0.15) is 11.9 Å². The van der Waals surface area contributed by atoms with Crippen molar-refractivity contribution in [1.29, 1.82) is 0 Å². The van der Waals surface area contributed by atoms with Crippen molar-refractivity contribution in [3.63, 3.8) is 0 Å². The molecule has 0 fully saturated rings. The Balaban J connectivity index is 2.87. The number of rotatable bonds is 4. The second-order valence-electron chi connectivity index (χ2n) is 3.89. The summed E-state index contributed by atoms with van der Waals surface area (Å²) in [7, 11) is 1.59. The number of ether oxygens (including phenoxy) is 1. The van der Waals surface area contributed by atoms with Crippen LogP contribution in [0.1, 0.15) is 31.9 Å². The van der Waals surface area contributed by atoms with Crippen LogP contribution in [0.4, 0.5) is 0 Å². The van der Waals surface area contributed by atoms with E-state index in [1.54, 1.807) is 38.3 Å². The van der Waals surface area contributed by atoms with E-state index in [9.17, 15) is 10.2 Å². The number of hydrogen-bond acceptors (Lipinski definition) is 3. The minimum atomic E-state index is -1.09. The summed E-state index contributed by atoms with van der Waals surface area (Å²) in [5, 5.41) is 19.8. The lowest BCUT2D eigenvalue weighted by Crippen LogP contribution is -2.31. The second-order valence-corrected chi connectivity index (χ2v) is 3.89. The summed E-state index contributed by atoms with van der Waals surface area (Å²) in [6.07, 6.45) is -0.367. The van der Waals surface area contributed by atoms with Crippen molar-refractivity contribution in [2.75, 3.05) is 7.11 Å². The van der Waals surface area contributed by atoms with Crippen LogP contribution in [0.3, 0.4) is 0 Å². The standard InChI is InChI=1S/C12H18O3/c1-4-12(2,14)11(13)9-5-7-10(15-3)8-6-9/h5-8,11,13-14H,4H2,1-3H3. The van der Waals surface area contributed by atoms with Crippen LogP contribution >= 0.6 is 0 Å². The van der Waals surface area contributed by atoms with Crippen molar-refractivity contribution in [2.24, 2.45) is 0 Å². The molecule has 0 aliphatic carbocycles. The zero-order chi connectivity index (χ0) is 11.5. The van der Waals surface area contributed by atoms with Gasteiger partial charge in [-0.2, -0.15) is 0 Å². The fourth-order valence-corrected chi connectivity index (χ4v) is 1.34. The van der Waals surface area contributed by atoms with E-state index in [0.717, 1.165) is 5.75 Å². The molecule has 0 aliphatic heterocycles. The molecule has 1 aromatic rings. The van der Waals surface area contributed by atoms with Crippen molar-refractivity contribution < 1.29 is 14.9 Å². The molecule has 0 radical (unpaired) electrons. The van der Waals surface area contributed by atoms with E-state index in [1.807, 2.05) is 6.92 Å². The van der Waals surface area contributed by atoms with E-state index >= 15 is 0 Å². The second kappa shape index (κ2) is 4.64. The van der Waals surface area contributed by atoms with Crippen molar-refractivity contribution in [2.45, 2.75) is 32.0 Å². The van der Waals surface area contributed by atoms with Crippen LogP contribution in [0.5, 0.6) is 5.75 Å². The van der Waals surface area contributed by atoms with Gasteiger partial charge in [-0.05, 0) is 31.0 Å². The van der Waals surface area contributed by atoms with Crippen LogP contribution in [-0.4, -0.2) is 22.9 Å². The van der Waals surface area contributed by atoms with Gasteiger partial charge in [-0.1, -0.05) is 19.1 Å². The molecule has 1 aromatic carbocycles. The summed E-state index contributed by atoms with van der Waals surface area (Å²) >= 11 is 0. The third-order valence-electron chi connectivity index (χ3n) is 2.74. The molecule has 1 rings (SSSR count). The van der Waals surface area contributed by atoms with Crippen LogP contribution in [0.2, 0.25) is 0 Å². The van der Waals surface area contributed by atoms with Gasteiger partial charge in [0.05, 0.1) is 12.7 Å². The van der Waals surface area contributed by atoms with Gasteiger partial charge in [0.15, 0.2) is 0 Å². The molecule has 0 saturated carbocycles. The Labute approximate surface area is 90.3 Å². The van der Waals surface area contributed by atoms with Gasteiger partial charge in [0, 0.05) is 0 Å². The zero-order valence-corrected chi connectivity index (χ0v) is 9.40.